The maximum atomic E-state index is 10.6. The minimum atomic E-state index is -5.41. The number of phosphoric acid groups is 2. The summed E-state index contributed by atoms with van der Waals surface area (Å²) in [7, 11) is -8.31. The van der Waals surface area contributed by atoms with E-state index < -0.39 is 240 Å². The zero-order valence-corrected chi connectivity index (χ0v) is 44.0. The van der Waals surface area contributed by atoms with Gasteiger partial charge < -0.3 is 198 Å². The number of phosphoric ester groups is 1. The van der Waals surface area contributed by atoms with Gasteiger partial charge in [-0.05, 0) is 0 Å². The van der Waals surface area contributed by atoms with E-state index in [0.29, 0.717) is 6.64 Å². The smallest absolute Gasteiger partial charge is 0.191 e. The van der Waals surface area contributed by atoms with Crippen LogP contribution in [0.2, 0.25) is 0 Å². The van der Waals surface area contributed by atoms with Crippen molar-refractivity contribution in [2.45, 2.75) is 184 Å². The molecule has 6 rings (SSSR count). The maximum Gasteiger partial charge on any atom is 0.191 e. The second-order valence-corrected chi connectivity index (χ2v) is 19.6. The Balaban J connectivity index is 0.000000411. The van der Waals surface area contributed by atoms with E-state index in [0.717, 1.165) is 0 Å². The molecule has 6 heterocycles. The Bertz CT molecular complexity index is 1830. The SMILES string of the molecule is O=P([O-])([O-])O.O=P([O-])([O-])OC1OC(CO)C(O)C(O)C1O.OCC1OC(OC2C(CO)OC(O)C(O)C2O)C(O)C(O)C1O.OCC1OC(OC2C(CO)OC(OC3C(CO)OC(O)C(O)C3O)C(O)C2O)C(O)C(O)C1O.[2H]CP. The number of aliphatic hydroxyl groups is 23. The molecular weight excluding hydrogens is 1180 g/mol. The highest BCUT2D eigenvalue weighted by atomic mass is 31.2. The summed E-state index contributed by atoms with van der Waals surface area (Å²) < 4.78 is 75.2. The summed E-state index contributed by atoms with van der Waals surface area (Å²) in [6, 6.07) is 0. The van der Waals surface area contributed by atoms with Gasteiger partial charge in [-0.2, -0.15) is 0 Å². The predicted molar refractivity (Wildman–Crippen MR) is 238 cm³/mol. The molecule has 0 aromatic heterocycles. The highest BCUT2D eigenvalue weighted by Gasteiger charge is 2.54. The molecule has 80 heavy (non-hydrogen) atoms. The van der Waals surface area contributed by atoms with Crippen LogP contribution in [0, 0.1) is 0 Å². The summed E-state index contributed by atoms with van der Waals surface area (Å²) in [5.74, 6) is 0. The van der Waals surface area contributed by atoms with Crippen LogP contribution < -0.4 is 19.6 Å². The minimum Gasteiger partial charge on any atom is -0.790 e. The zero-order chi connectivity index (χ0) is 62.3. The number of aliphatic hydroxyl groups excluding tert-OH is 23. The molecule has 0 aromatic carbocycles. The second-order valence-electron chi connectivity index (χ2n) is 17.6. The van der Waals surface area contributed by atoms with Gasteiger partial charge in [0.2, 0.25) is 0 Å². The Kier molecular flexibility index (Phi) is 31.3. The Morgan fingerprint density at radius 3 is 0.850 bits per heavy atom. The largest absolute Gasteiger partial charge is 0.790 e. The molecule has 0 bridgehead atoms. The van der Waals surface area contributed by atoms with Crippen molar-refractivity contribution in [1.82, 2.24) is 0 Å². The van der Waals surface area contributed by atoms with Gasteiger partial charge in [-0.3, -0.25) is 0 Å². The molecular formula is C37H71O40P3-4. The average Bonchev–Trinajstić information content (AvgIpc) is 3.42. The highest BCUT2D eigenvalue weighted by Crippen LogP contribution is 2.35. The molecule has 43 heteroatoms. The molecule has 0 spiro atoms. The molecule has 0 saturated carbocycles. The predicted octanol–water partition coefficient (Wildman–Crippen LogP) is -19.0. The molecule has 40 nitrogen and oxygen atoms in total. The Morgan fingerprint density at radius 2 is 0.588 bits per heavy atom. The molecule has 6 aliphatic heterocycles. The maximum absolute atomic E-state index is 10.6. The molecule has 0 amide bonds. The average molecular weight is 1250 g/mol. The molecule has 24 N–H and O–H groups in total. The summed E-state index contributed by atoms with van der Waals surface area (Å²) >= 11 is 0. The summed E-state index contributed by atoms with van der Waals surface area (Å²) in [6.07, 6.45) is -49.3. The van der Waals surface area contributed by atoms with Crippen molar-refractivity contribution in [3.8, 4) is 0 Å². The molecule has 6 fully saturated rings. The molecule has 6 aliphatic rings. The Labute approximate surface area is 454 Å². The first-order valence-corrected chi connectivity index (χ1v) is 26.9. The standard InChI is InChI=1S/C18H32O16.C12H22O11.C6H13O9P.CH5P.H3O4P/c19-1-4-7(22)8(23)12(27)17(31-4)34-15-6(3-21)32-18(13(28)10(15)25)33-14-5(2-20)30-16(29)11(26)9(14)24;13-1-3-5(15)6(16)9(19)12(22-3)23-10-4(2-14)21-11(20)8(18)7(10)17;7-1-2-3(8)4(9)5(10)6(14-2)15-16(11,12)13;1-2;1-5(2,3)4/h4-29H,1-3H2;3-20H,1-2H2;2-10H,1H2,(H2,11,12,13);2H2,1H3;(H3,1,2,3,4)/p-4/i;;;1D;. The molecule has 0 aliphatic carbocycles. The summed E-state index contributed by atoms with van der Waals surface area (Å²) in [6.45, 7) is -3.99. The van der Waals surface area contributed by atoms with Gasteiger partial charge in [0.15, 0.2) is 37.7 Å². The van der Waals surface area contributed by atoms with Crippen LogP contribution in [0.1, 0.15) is 1.37 Å². The topological polar surface area (TPSA) is 704 Å². The Hall–Kier alpha value is -0.630. The van der Waals surface area contributed by atoms with Crippen molar-refractivity contribution >= 4 is 24.9 Å². The van der Waals surface area contributed by atoms with Crippen molar-refractivity contribution in [3.63, 3.8) is 0 Å². The third-order valence-corrected chi connectivity index (χ3v) is 12.6. The monoisotopic (exact) mass is 1250 g/mol. The summed E-state index contributed by atoms with van der Waals surface area (Å²) in [5.41, 5.74) is 0. The minimum absolute atomic E-state index is 0.417. The lowest BCUT2D eigenvalue weighted by atomic mass is 9.96. The van der Waals surface area contributed by atoms with E-state index in [1.807, 2.05) is 0 Å². The van der Waals surface area contributed by atoms with Crippen molar-refractivity contribution in [2.24, 2.45) is 0 Å². The molecule has 478 valence electrons. The van der Waals surface area contributed by atoms with Crippen LogP contribution in [0.25, 0.3) is 0 Å². The third kappa shape index (κ3) is 20.5. The molecule has 0 radical (unpaired) electrons. The van der Waals surface area contributed by atoms with Gasteiger partial charge in [-0.1, -0.05) is 6.64 Å². The lowest BCUT2D eigenvalue weighted by Gasteiger charge is -2.47. The van der Waals surface area contributed by atoms with Crippen LogP contribution in [-0.2, 0) is 56.3 Å². The Morgan fingerprint density at radius 1 is 0.375 bits per heavy atom. The van der Waals surface area contributed by atoms with Crippen LogP contribution >= 0.6 is 24.9 Å². The lowest BCUT2D eigenvalue weighted by Crippen LogP contribution is -2.66. The van der Waals surface area contributed by atoms with Gasteiger partial charge in [0.05, 0.1) is 55.3 Å². The third-order valence-electron chi connectivity index (χ3n) is 12.2. The molecule has 31 unspecified atom stereocenters. The van der Waals surface area contributed by atoms with Gasteiger partial charge >= 0.3 is 0 Å². The van der Waals surface area contributed by atoms with E-state index in [9.17, 15) is 122 Å². The highest BCUT2D eigenvalue weighted by molar-refractivity contribution is 7.43. The number of hydrogen-bond acceptors (Lipinski definition) is 39. The number of hydrogen-bond donors (Lipinski definition) is 24. The van der Waals surface area contributed by atoms with Crippen LogP contribution in [0.4, 0.5) is 0 Å². The van der Waals surface area contributed by atoms with Gasteiger partial charge in [0.25, 0.3) is 0 Å². The van der Waals surface area contributed by atoms with E-state index in [4.69, 9.17) is 68.7 Å². The molecule has 0 aromatic rings. The van der Waals surface area contributed by atoms with Gasteiger partial charge in [0, 0.05) is 1.37 Å². The van der Waals surface area contributed by atoms with E-state index in [-0.39, 0.29) is 0 Å². The van der Waals surface area contributed by atoms with Crippen molar-refractivity contribution in [2.75, 3.05) is 46.3 Å². The fourth-order valence-electron chi connectivity index (χ4n) is 7.91. The first kappa shape index (κ1) is 73.6. The second kappa shape index (κ2) is 34.1. The zero-order valence-electron chi connectivity index (χ0n) is 42.0. The van der Waals surface area contributed by atoms with Crippen LogP contribution in [-0.4, -0.2) is 353 Å². The number of rotatable bonds is 14. The first-order valence-electron chi connectivity index (χ1n) is 23.8. The quantitative estimate of drug-likeness (QED) is 0.0718. The molecule has 31 atom stereocenters. The van der Waals surface area contributed by atoms with E-state index >= 15 is 0 Å². The van der Waals surface area contributed by atoms with E-state index in [2.05, 4.69) is 18.5 Å². The fourth-order valence-corrected chi connectivity index (χ4v) is 8.34. The van der Waals surface area contributed by atoms with Crippen molar-refractivity contribution < 1.29 is 200 Å². The summed E-state index contributed by atoms with van der Waals surface area (Å²) in [5, 5.41) is 222. The van der Waals surface area contributed by atoms with Gasteiger partial charge in [0.1, 0.15) is 146 Å². The van der Waals surface area contributed by atoms with Crippen molar-refractivity contribution in [1.29, 1.82) is 0 Å². The normalized spacial score (nSPS) is 46.3. The summed E-state index contributed by atoms with van der Waals surface area (Å²) in [4.78, 5) is 44.8. The van der Waals surface area contributed by atoms with Crippen LogP contribution in [0.15, 0.2) is 0 Å². The molecule has 6 saturated heterocycles. The fraction of sp³-hybridized carbons (Fsp3) is 1.00. The van der Waals surface area contributed by atoms with Crippen LogP contribution in [0.5, 0.6) is 0 Å². The van der Waals surface area contributed by atoms with E-state index in [1.165, 1.54) is 0 Å². The van der Waals surface area contributed by atoms with Gasteiger partial charge in [-0.15, -0.1) is 9.24 Å². The first-order chi connectivity index (χ1) is 37.5. The van der Waals surface area contributed by atoms with E-state index in [1.54, 1.807) is 0 Å². The van der Waals surface area contributed by atoms with Crippen molar-refractivity contribution in [3.05, 3.63) is 0 Å². The van der Waals surface area contributed by atoms with Gasteiger partial charge in [-0.25, -0.2) is 0 Å². The van der Waals surface area contributed by atoms with Crippen LogP contribution in [0.3, 0.4) is 0 Å². The lowest BCUT2D eigenvalue weighted by molar-refractivity contribution is -0.377. The number of ether oxygens (including phenoxy) is 9.